The number of rotatable bonds is 2. The third-order valence-electron chi connectivity index (χ3n) is 1.74. The normalized spacial score (nSPS) is 12.0. The maximum absolute atomic E-state index is 13.3. The van der Waals surface area contributed by atoms with Gasteiger partial charge < -0.3 is 4.74 Å². The van der Waals surface area contributed by atoms with Gasteiger partial charge in [0.1, 0.15) is 16.3 Å². The van der Waals surface area contributed by atoms with Crippen LogP contribution < -0.4 is 4.72 Å². The fourth-order valence-corrected chi connectivity index (χ4v) is 2.08. The van der Waals surface area contributed by atoms with E-state index in [0.717, 1.165) is 12.1 Å². The Morgan fingerprint density at radius 2 is 1.83 bits per heavy atom. The molecule has 5 nitrogen and oxygen atoms in total. The molecule has 1 aromatic rings. The summed E-state index contributed by atoms with van der Waals surface area (Å²) in [6, 6.07) is 4.75. The molecule has 0 bridgehead atoms. The molecule has 0 aliphatic carbocycles. The lowest BCUT2D eigenvalue weighted by Gasteiger charge is -2.19. The lowest BCUT2D eigenvalue weighted by Crippen LogP contribution is -2.36. The Hall–Kier alpha value is -1.63. The lowest BCUT2D eigenvalue weighted by atomic mass is 10.2. The van der Waals surface area contributed by atoms with E-state index in [1.165, 1.54) is 12.1 Å². The van der Waals surface area contributed by atoms with Gasteiger partial charge in [0, 0.05) is 0 Å². The van der Waals surface area contributed by atoms with Gasteiger partial charge in [-0.2, -0.15) is 0 Å². The molecular formula is C11H14FNO4S. The first-order chi connectivity index (χ1) is 8.12. The van der Waals surface area contributed by atoms with Crippen LogP contribution in [0.15, 0.2) is 29.2 Å². The van der Waals surface area contributed by atoms with E-state index in [1.54, 1.807) is 25.5 Å². The highest BCUT2D eigenvalue weighted by molar-refractivity contribution is 7.90. The molecule has 7 heteroatoms. The second-order valence-electron chi connectivity index (χ2n) is 4.54. The smallest absolute Gasteiger partial charge is 0.421 e. The predicted molar refractivity (Wildman–Crippen MR) is 63.0 cm³/mol. The first-order valence-electron chi connectivity index (χ1n) is 5.12. The molecule has 0 radical (unpaired) electrons. The van der Waals surface area contributed by atoms with Gasteiger partial charge in [0.2, 0.25) is 0 Å². The van der Waals surface area contributed by atoms with E-state index in [-0.39, 0.29) is 0 Å². The third kappa shape index (κ3) is 3.99. The first kappa shape index (κ1) is 14.4. The summed E-state index contributed by atoms with van der Waals surface area (Å²) in [5, 5.41) is 0. The van der Waals surface area contributed by atoms with Gasteiger partial charge in [-0.1, -0.05) is 12.1 Å². The summed E-state index contributed by atoms with van der Waals surface area (Å²) in [7, 11) is -4.26. The summed E-state index contributed by atoms with van der Waals surface area (Å²) in [5.41, 5.74) is -0.838. The number of hydrogen-bond donors (Lipinski definition) is 1. The van der Waals surface area contributed by atoms with Crippen LogP contribution in [0.2, 0.25) is 0 Å². The monoisotopic (exact) mass is 275 g/mol. The molecule has 0 aliphatic heterocycles. The van der Waals surface area contributed by atoms with E-state index in [4.69, 9.17) is 4.74 Å². The van der Waals surface area contributed by atoms with Crippen molar-refractivity contribution in [3.05, 3.63) is 30.1 Å². The van der Waals surface area contributed by atoms with Crippen molar-refractivity contribution in [1.29, 1.82) is 0 Å². The minimum absolute atomic E-state index is 0.601. The number of hydrogen-bond acceptors (Lipinski definition) is 4. The first-order valence-corrected chi connectivity index (χ1v) is 6.60. The molecule has 0 heterocycles. The van der Waals surface area contributed by atoms with E-state index in [2.05, 4.69) is 0 Å². The zero-order valence-corrected chi connectivity index (χ0v) is 11.0. The van der Waals surface area contributed by atoms with Gasteiger partial charge in [-0.25, -0.2) is 22.3 Å². The molecule has 0 unspecified atom stereocenters. The van der Waals surface area contributed by atoms with Crippen molar-refractivity contribution in [3.63, 3.8) is 0 Å². The number of nitrogens with one attached hydrogen (secondary N) is 1. The summed E-state index contributed by atoms with van der Waals surface area (Å²) >= 11 is 0. The molecule has 1 N–H and O–H groups in total. The summed E-state index contributed by atoms with van der Waals surface area (Å²) in [4.78, 5) is 10.7. The summed E-state index contributed by atoms with van der Waals surface area (Å²) in [5.74, 6) is -0.937. The van der Waals surface area contributed by atoms with E-state index >= 15 is 0 Å². The average molecular weight is 275 g/mol. The van der Waals surface area contributed by atoms with Gasteiger partial charge in [-0.05, 0) is 32.9 Å². The zero-order valence-electron chi connectivity index (χ0n) is 10.2. The lowest BCUT2D eigenvalue weighted by molar-refractivity contribution is 0.0570. The highest BCUT2D eigenvalue weighted by Gasteiger charge is 2.24. The van der Waals surface area contributed by atoms with Crippen LogP contribution in [0, 0.1) is 5.82 Å². The SMILES string of the molecule is CC(C)(C)OC(=O)NS(=O)(=O)c1ccccc1F. The van der Waals surface area contributed by atoms with Gasteiger partial charge in [0.25, 0.3) is 10.0 Å². The Balaban J connectivity index is 2.91. The van der Waals surface area contributed by atoms with Crippen LogP contribution in [0.1, 0.15) is 20.8 Å². The number of benzene rings is 1. The van der Waals surface area contributed by atoms with Crippen molar-refractivity contribution in [1.82, 2.24) is 4.72 Å². The molecule has 18 heavy (non-hydrogen) atoms. The molecule has 0 saturated carbocycles. The third-order valence-corrected chi connectivity index (χ3v) is 3.09. The molecule has 1 aromatic carbocycles. The van der Waals surface area contributed by atoms with Gasteiger partial charge >= 0.3 is 6.09 Å². The highest BCUT2D eigenvalue weighted by atomic mass is 32.2. The molecule has 0 fully saturated rings. The second-order valence-corrected chi connectivity index (χ2v) is 6.19. The van der Waals surface area contributed by atoms with Gasteiger partial charge in [-0.3, -0.25) is 0 Å². The number of carbonyl (C=O) groups excluding carboxylic acids is 1. The molecule has 1 rings (SSSR count). The Bertz CT molecular complexity index is 548. The topological polar surface area (TPSA) is 72.5 Å². The fraction of sp³-hybridized carbons (Fsp3) is 0.364. The van der Waals surface area contributed by atoms with Crippen LogP contribution in [0.3, 0.4) is 0 Å². The minimum atomic E-state index is -4.26. The average Bonchev–Trinajstić information content (AvgIpc) is 2.13. The summed E-state index contributed by atoms with van der Waals surface area (Å²) < 4.78 is 43.1. The Labute approximate surface area is 105 Å². The van der Waals surface area contributed by atoms with Crippen LogP contribution >= 0.6 is 0 Å². The molecule has 0 aliphatic rings. The van der Waals surface area contributed by atoms with Crippen molar-refractivity contribution in [2.75, 3.05) is 0 Å². The van der Waals surface area contributed by atoms with E-state index in [9.17, 15) is 17.6 Å². The molecule has 100 valence electrons. The van der Waals surface area contributed by atoms with Crippen LogP contribution in [0.25, 0.3) is 0 Å². The quantitative estimate of drug-likeness (QED) is 0.896. The largest absolute Gasteiger partial charge is 0.443 e. The van der Waals surface area contributed by atoms with Crippen molar-refractivity contribution in [2.24, 2.45) is 0 Å². The Morgan fingerprint density at radius 3 is 2.33 bits per heavy atom. The van der Waals surface area contributed by atoms with E-state index < -0.39 is 32.4 Å². The van der Waals surface area contributed by atoms with Gasteiger partial charge in [-0.15, -0.1) is 0 Å². The van der Waals surface area contributed by atoms with E-state index in [0.29, 0.717) is 0 Å². The number of ether oxygens (including phenoxy) is 1. The summed E-state index contributed by atoms with van der Waals surface area (Å²) in [6.45, 7) is 4.76. The van der Waals surface area contributed by atoms with Crippen LogP contribution in [-0.4, -0.2) is 20.1 Å². The van der Waals surface area contributed by atoms with Crippen LogP contribution in [0.5, 0.6) is 0 Å². The standard InChI is InChI=1S/C11H14FNO4S/c1-11(2,3)17-10(14)13-18(15,16)9-7-5-4-6-8(9)12/h4-7H,1-3H3,(H,13,14). The number of sulfonamides is 1. The molecule has 0 aromatic heterocycles. The van der Waals surface area contributed by atoms with Crippen molar-refractivity contribution in [2.45, 2.75) is 31.3 Å². The Morgan fingerprint density at radius 1 is 1.28 bits per heavy atom. The van der Waals surface area contributed by atoms with Crippen molar-refractivity contribution in [3.8, 4) is 0 Å². The second kappa shape index (κ2) is 4.93. The van der Waals surface area contributed by atoms with Crippen molar-refractivity contribution >= 4 is 16.1 Å². The fourth-order valence-electron chi connectivity index (χ4n) is 1.13. The molecule has 0 atom stereocenters. The van der Waals surface area contributed by atoms with Crippen molar-refractivity contribution < 1.29 is 22.3 Å². The van der Waals surface area contributed by atoms with Gasteiger partial charge in [0.05, 0.1) is 0 Å². The van der Waals surface area contributed by atoms with Crippen LogP contribution in [-0.2, 0) is 14.8 Å². The predicted octanol–water partition coefficient (Wildman–Crippen LogP) is 2.04. The molecular weight excluding hydrogens is 261 g/mol. The number of carbonyl (C=O) groups is 1. The minimum Gasteiger partial charge on any atom is -0.443 e. The summed E-state index contributed by atoms with van der Waals surface area (Å²) in [6.07, 6.45) is -1.15. The molecule has 0 spiro atoms. The zero-order chi connectivity index (χ0) is 14.0. The van der Waals surface area contributed by atoms with Gasteiger partial charge in [0.15, 0.2) is 0 Å². The number of halogens is 1. The number of amides is 1. The van der Waals surface area contributed by atoms with Crippen LogP contribution in [0.4, 0.5) is 9.18 Å². The molecule has 0 saturated heterocycles. The van der Waals surface area contributed by atoms with E-state index in [1.807, 2.05) is 0 Å². The maximum atomic E-state index is 13.3. The Kier molecular flexibility index (Phi) is 3.95. The highest BCUT2D eigenvalue weighted by Crippen LogP contribution is 2.14. The maximum Gasteiger partial charge on any atom is 0.421 e. The molecule has 1 amide bonds.